The summed E-state index contributed by atoms with van der Waals surface area (Å²) in [6, 6.07) is 0.878. The fraction of sp³-hybridized carbons (Fsp3) is 1.00. The summed E-state index contributed by atoms with van der Waals surface area (Å²) < 4.78 is 0. The largest absolute Gasteiger partial charge is 0.309 e. The van der Waals surface area contributed by atoms with E-state index in [1.165, 1.54) is 83.8 Å². The van der Waals surface area contributed by atoms with Gasteiger partial charge in [0.15, 0.2) is 0 Å². The zero-order valence-electron chi connectivity index (χ0n) is 12.8. The zero-order valence-corrected chi connectivity index (χ0v) is 12.8. The Morgan fingerprint density at radius 1 is 0.947 bits per heavy atom. The van der Waals surface area contributed by atoms with Crippen LogP contribution in [-0.4, -0.2) is 36.1 Å². The second-order valence-electron chi connectivity index (χ2n) is 7.42. The molecule has 1 aliphatic heterocycles. The Balaban J connectivity index is 1.66. The molecule has 1 spiro atoms. The monoisotopic (exact) mass is 264 g/mol. The van der Waals surface area contributed by atoms with Gasteiger partial charge in [0.1, 0.15) is 0 Å². The molecule has 0 bridgehead atoms. The molecule has 0 aromatic carbocycles. The highest BCUT2D eigenvalue weighted by Gasteiger charge is 2.39. The van der Waals surface area contributed by atoms with Gasteiger partial charge < -0.3 is 5.32 Å². The van der Waals surface area contributed by atoms with Crippen molar-refractivity contribution in [3.05, 3.63) is 0 Å². The summed E-state index contributed by atoms with van der Waals surface area (Å²) in [6.07, 6.45) is 14.5. The quantitative estimate of drug-likeness (QED) is 0.729. The highest BCUT2D eigenvalue weighted by atomic mass is 15.2. The molecule has 2 heteroatoms. The molecule has 2 nitrogen and oxygen atoms in total. The lowest BCUT2D eigenvalue weighted by molar-refractivity contribution is 0.0457. The van der Waals surface area contributed by atoms with E-state index in [2.05, 4.69) is 17.1 Å². The molecule has 1 N–H and O–H groups in total. The van der Waals surface area contributed by atoms with Crippen molar-refractivity contribution in [1.82, 2.24) is 10.2 Å². The summed E-state index contributed by atoms with van der Waals surface area (Å²) in [7, 11) is 0. The number of hydrogen-bond donors (Lipinski definition) is 1. The van der Waals surface area contributed by atoms with E-state index in [0.29, 0.717) is 5.54 Å². The van der Waals surface area contributed by atoms with E-state index in [0.717, 1.165) is 12.0 Å². The van der Waals surface area contributed by atoms with Crippen molar-refractivity contribution >= 4 is 0 Å². The molecule has 3 fully saturated rings. The average molecular weight is 264 g/mol. The minimum Gasteiger partial charge on any atom is -0.309 e. The first-order valence-electron chi connectivity index (χ1n) is 8.78. The van der Waals surface area contributed by atoms with E-state index < -0.39 is 0 Å². The molecule has 1 heterocycles. The van der Waals surface area contributed by atoms with Crippen LogP contribution in [0.2, 0.25) is 0 Å². The first kappa shape index (κ1) is 13.9. The highest BCUT2D eigenvalue weighted by Crippen LogP contribution is 2.34. The number of piperazine rings is 1. The smallest absolute Gasteiger partial charge is 0.0309 e. The van der Waals surface area contributed by atoms with Gasteiger partial charge in [-0.1, -0.05) is 45.4 Å². The number of hydrogen-bond acceptors (Lipinski definition) is 2. The molecule has 0 aromatic heterocycles. The lowest BCUT2D eigenvalue weighted by Crippen LogP contribution is -2.63. The van der Waals surface area contributed by atoms with Gasteiger partial charge in [-0.25, -0.2) is 0 Å². The summed E-state index contributed by atoms with van der Waals surface area (Å²) in [6.45, 7) is 6.35. The van der Waals surface area contributed by atoms with Gasteiger partial charge in [0.25, 0.3) is 0 Å². The molecule has 19 heavy (non-hydrogen) atoms. The topological polar surface area (TPSA) is 15.3 Å². The lowest BCUT2D eigenvalue weighted by Gasteiger charge is -2.49. The van der Waals surface area contributed by atoms with E-state index in [1.54, 1.807) is 0 Å². The predicted molar refractivity (Wildman–Crippen MR) is 81.4 cm³/mol. The van der Waals surface area contributed by atoms with Gasteiger partial charge in [-0.05, 0) is 31.6 Å². The van der Waals surface area contributed by atoms with Crippen molar-refractivity contribution in [3.63, 3.8) is 0 Å². The molecule has 0 aromatic rings. The molecular weight excluding hydrogens is 232 g/mol. The molecule has 2 unspecified atom stereocenters. The maximum Gasteiger partial charge on any atom is 0.0309 e. The van der Waals surface area contributed by atoms with Crippen molar-refractivity contribution in [1.29, 1.82) is 0 Å². The molecule has 2 aliphatic carbocycles. The van der Waals surface area contributed by atoms with Crippen LogP contribution in [-0.2, 0) is 0 Å². The van der Waals surface area contributed by atoms with Crippen LogP contribution >= 0.6 is 0 Å². The molecule has 1 saturated heterocycles. The average Bonchev–Trinajstić information content (AvgIpc) is 2.64. The second kappa shape index (κ2) is 6.13. The van der Waals surface area contributed by atoms with Gasteiger partial charge in [0.2, 0.25) is 0 Å². The molecule has 110 valence electrons. The summed E-state index contributed by atoms with van der Waals surface area (Å²) >= 11 is 0. The maximum absolute atomic E-state index is 3.89. The Kier molecular flexibility index (Phi) is 4.48. The van der Waals surface area contributed by atoms with E-state index in [1.807, 2.05) is 0 Å². The van der Waals surface area contributed by atoms with Gasteiger partial charge in [0.05, 0.1) is 0 Å². The van der Waals surface area contributed by atoms with Gasteiger partial charge in [-0.3, -0.25) is 4.90 Å². The predicted octanol–water partition coefficient (Wildman–Crippen LogP) is 3.56. The summed E-state index contributed by atoms with van der Waals surface area (Å²) in [4.78, 5) is 2.87. The Morgan fingerprint density at radius 3 is 2.53 bits per heavy atom. The first-order valence-corrected chi connectivity index (χ1v) is 8.78. The molecule has 0 radical (unpaired) electrons. The van der Waals surface area contributed by atoms with Gasteiger partial charge in [-0.15, -0.1) is 0 Å². The van der Waals surface area contributed by atoms with Crippen LogP contribution in [0.25, 0.3) is 0 Å². The summed E-state index contributed by atoms with van der Waals surface area (Å²) in [5.74, 6) is 0.918. The van der Waals surface area contributed by atoms with Crippen molar-refractivity contribution in [2.24, 2.45) is 5.92 Å². The fourth-order valence-electron chi connectivity index (χ4n) is 4.85. The molecule has 2 atom stereocenters. The molecule has 3 aliphatic rings. The second-order valence-corrected chi connectivity index (χ2v) is 7.42. The van der Waals surface area contributed by atoms with Crippen LogP contribution in [0, 0.1) is 5.92 Å². The Bertz CT molecular complexity index is 277. The fourth-order valence-corrected chi connectivity index (χ4v) is 4.85. The van der Waals surface area contributed by atoms with Crippen LogP contribution < -0.4 is 5.32 Å². The van der Waals surface area contributed by atoms with Crippen LogP contribution in [0.3, 0.4) is 0 Å². The van der Waals surface area contributed by atoms with E-state index in [4.69, 9.17) is 0 Å². The Hall–Kier alpha value is -0.0800. The summed E-state index contributed by atoms with van der Waals surface area (Å²) in [5.41, 5.74) is 0.489. The summed E-state index contributed by atoms with van der Waals surface area (Å²) in [5, 5.41) is 3.89. The molecular formula is C17H32N2. The van der Waals surface area contributed by atoms with Crippen LogP contribution in [0.15, 0.2) is 0 Å². The minimum atomic E-state index is 0.489. The van der Waals surface area contributed by atoms with Gasteiger partial charge in [0, 0.05) is 31.2 Å². The maximum atomic E-state index is 3.89. The van der Waals surface area contributed by atoms with Crippen molar-refractivity contribution < 1.29 is 0 Å². The van der Waals surface area contributed by atoms with Gasteiger partial charge in [-0.2, -0.15) is 0 Å². The standard InChI is InChI=1S/C17H32N2/c1-15-8-4-2-5-9-16(15)19-13-12-18-17(14-19)10-6-3-7-11-17/h15-16,18H,2-14H2,1H3. The Morgan fingerprint density at radius 2 is 1.68 bits per heavy atom. The first-order chi connectivity index (χ1) is 9.29. The third-order valence-electron chi connectivity index (χ3n) is 6.00. The molecule has 3 rings (SSSR count). The highest BCUT2D eigenvalue weighted by molar-refractivity contribution is 4.98. The van der Waals surface area contributed by atoms with E-state index in [-0.39, 0.29) is 0 Å². The number of nitrogens with one attached hydrogen (secondary N) is 1. The van der Waals surface area contributed by atoms with Crippen molar-refractivity contribution in [2.45, 2.75) is 82.7 Å². The minimum absolute atomic E-state index is 0.489. The normalized spacial score (nSPS) is 37.1. The molecule has 0 amide bonds. The SMILES string of the molecule is CC1CCCCCC1N1CCNC2(CCCCC2)C1. The van der Waals surface area contributed by atoms with Gasteiger partial charge >= 0.3 is 0 Å². The van der Waals surface area contributed by atoms with Crippen LogP contribution in [0.1, 0.15) is 71.1 Å². The molecule has 2 saturated carbocycles. The number of nitrogens with zero attached hydrogens (tertiary/aromatic N) is 1. The zero-order chi connectivity index (χ0) is 13.1. The van der Waals surface area contributed by atoms with Crippen molar-refractivity contribution in [3.8, 4) is 0 Å². The number of rotatable bonds is 1. The third-order valence-corrected chi connectivity index (χ3v) is 6.00. The van der Waals surface area contributed by atoms with Crippen molar-refractivity contribution in [2.75, 3.05) is 19.6 Å². The van der Waals surface area contributed by atoms with Crippen LogP contribution in [0.4, 0.5) is 0 Å². The Labute approximate surface area is 119 Å². The van der Waals surface area contributed by atoms with E-state index >= 15 is 0 Å². The van der Waals surface area contributed by atoms with E-state index in [9.17, 15) is 0 Å². The van der Waals surface area contributed by atoms with Crippen LogP contribution in [0.5, 0.6) is 0 Å². The third kappa shape index (κ3) is 3.16. The lowest BCUT2D eigenvalue weighted by atomic mass is 9.79.